The molecule has 110 valence electrons. The Morgan fingerprint density at radius 3 is 2.86 bits per heavy atom. The zero-order valence-electron chi connectivity index (χ0n) is 12.5. The van der Waals surface area contributed by atoms with Gasteiger partial charge in [-0.2, -0.15) is 0 Å². The van der Waals surface area contributed by atoms with Gasteiger partial charge in [-0.25, -0.2) is 0 Å². The van der Waals surface area contributed by atoms with Crippen LogP contribution in [0, 0.1) is 5.92 Å². The summed E-state index contributed by atoms with van der Waals surface area (Å²) in [5.41, 5.74) is 1.01. The SMILES string of the molecule is CC1CCCN(C(=O)CNc2ccc3ccccc3c2)C1. The number of carbonyl (C=O) groups is 1. The quantitative estimate of drug-likeness (QED) is 0.934. The van der Waals surface area contributed by atoms with Crippen LogP contribution in [0.3, 0.4) is 0 Å². The fourth-order valence-corrected chi connectivity index (χ4v) is 3.00. The molecule has 1 amide bonds. The summed E-state index contributed by atoms with van der Waals surface area (Å²) in [6, 6.07) is 14.5. The molecule has 0 bridgehead atoms. The van der Waals surface area contributed by atoms with Crippen molar-refractivity contribution in [2.75, 3.05) is 25.0 Å². The Morgan fingerprint density at radius 2 is 2.05 bits per heavy atom. The van der Waals surface area contributed by atoms with Crippen molar-refractivity contribution in [2.24, 2.45) is 5.92 Å². The zero-order chi connectivity index (χ0) is 14.7. The molecule has 1 aliphatic heterocycles. The first-order valence-corrected chi connectivity index (χ1v) is 7.73. The minimum Gasteiger partial charge on any atom is -0.376 e. The van der Waals surface area contributed by atoms with E-state index in [0.29, 0.717) is 12.5 Å². The van der Waals surface area contributed by atoms with Crippen LogP contribution in [0.1, 0.15) is 19.8 Å². The molecule has 1 N–H and O–H groups in total. The molecule has 0 aromatic heterocycles. The van der Waals surface area contributed by atoms with Crippen LogP contribution in [-0.4, -0.2) is 30.4 Å². The van der Waals surface area contributed by atoms with Gasteiger partial charge in [-0.1, -0.05) is 37.3 Å². The van der Waals surface area contributed by atoms with E-state index in [-0.39, 0.29) is 5.91 Å². The highest BCUT2D eigenvalue weighted by atomic mass is 16.2. The number of nitrogens with one attached hydrogen (secondary N) is 1. The van der Waals surface area contributed by atoms with Crippen LogP contribution in [0.25, 0.3) is 10.8 Å². The molecule has 1 atom stereocenters. The lowest BCUT2D eigenvalue weighted by molar-refractivity contribution is -0.130. The molecule has 0 spiro atoms. The third-order valence-electron chi connectivity index (χ3n) is 4.20. The number of piperidine rings is 1. The van der Waals surface area contributed by atoms with Gasteiger partial charge in [0.05, 0.1) is 6.54 Å². The van der Waals surface area contributed by atoms with E-state index in [1.165, 1.54) is 17.2 Å². The van der Waals surface area contributed by atoms with Crippen molar-refractivity contribution in [3.05, 3.63) is 42.5 Å². The van der Waals surface area contributed by atoms with E-state index >= 15 is 0 Å². The minimum absolute atomic E-state index is 0.203. The second-order valence-electron chi connectivity index (χ2n) is 6.00. The van der Waals surface area contributed by atoms with E-state index in [0.717, 1.165) is 25.2 Å². The maximum absolute atomic E-state index is 12.2. The summed E-state index contributed by atoms with van der Waals surface area (Å²) in [6.07, 6.45) is 2.37. The highest BCUT2D eigenvalue weighted by Gasteiger charge is 2.20. The van der Waals surface area contributed by atoms with Crippen LogP contribution in [0.15, 0.2) is 42.5 Å². The Kier molecular flexibility index (Phi) is 4.09. The molecule has 1 aliphatic rings. The largest absolute Gasteiger partial charge is 0.376 e. The van der Waals surface area contributed by atoms with Crippen LogP contribution in [0.4, 0.5) is 5.69 Å². The van der Waals surface area contributed by atoms with Gasteiger partial charge in [-0.05, 0) is 41.7 Å². The Hall–Kier alpha value is -2.03. The molecule has 1 heterocycles. The van der Waals surface area contributed by atoms with E-state index in [1.807, 2.05) is 23.1 Å². The third-order valence-corrected chi connectivity index (χ3v) is 4.20. The molecule has 0 saturated carbocycles. The molecule has 3 nitrogen and oxygen atoms in total. The molecule has 2 aromatic rings. The molecular formula is C18H22N2O. The Balaban J connectivity index is 1.61. The van der Waals surface area contributed by atoms with Crippen molar-refractivity contribution in [3.8, 4) is 0 Å². The normalized spacial score (nSPS) is 18.7. The van der Waals surface area contributed by atoms with Crippen LogP contribution in [-0.2, 0) is 4.79 Å². The summed E-state index contributed by atoms with van der Waals surface area (Å²) in [5, 5.41) is 5.67. The molecule has 1 unspecified atom stereocenters. The van der Waals surface area contributed by atoms with Crippen LogP contribution in [0.2, 0.25) is 0 Å². The highest BCUT2D eigenvalue weighted by Crippen LogP contribution is 2.19. The van der Waals surface area contributed by atoms with Gasteiger partial charge >= 0.3 is 0 Å². The molecule has 2 aromatic carbocycles. The van der Waals surface area contributed by atoms with Gasteiger partial charge in [-0.15, -0.1) is 0 Å². The predicted octanol–water partition coefficient (Wildman–Crippen LogP) is 3.51. The van der Waals surface area contributed by atoms with E-state index in [4.69, 9.17) is 0 Å². The van der Waals surface area contributed by atoms with Gasteiger partial charge < -0.3 is 10.2 Å². The summed E-state index contributed by atoms with van der Waals surface area (Å²) in [5.74, 6) is 0.832. The van der Waals surface area contributed by atoms with Crippen LogP contribution < -0.4 is 5.32 Å². The van der Waals surface area contributed by atoms with E-state index in [2.05, 4.69) is 36.5 Å². The van der Waals surface area contributed by atoms with E-state index in [9.17, 15) is 4.79 Å². The lowest BCUT2D eigenvalue weighted by Gasteiger charge is -2.31. The van der Waals surface area contributed by atoms with Gasteiger partial charge in [-0.3, -0.25) is 4.79 Å². The Bertz CT molecular complexity index is 638. The smallest absolute Gasteiger partial charge is 0.241 e. The van der Waals surface area contributed by atoms with Crippen LogP contribution in [0.5, 0.6) is 0 Å². The molecule has 1 fully saturated rings. The molecule has 0 aliphatic carbocycles. The number of likely N-dealkylation sites (tertiary alicyclic amines) is 1. The van der Waals surface area contributed by atoms with E-state index < -0.39 is 0 Å². The van der Waals surface area contributed by atoms with Gasteiger partial charge in [0.25, 0.3) is 0 Å². The van der Waals surface area contributed by atoms with Gasteiger partial charge in [0.15, 0.2) is 0 Å². The van der Waals surface area contributed by atoms with Crippen LogP contribution >= 0.6 is 0 Å². The Morgan fingerprint density at radius 1 is 1.24 bits per heavy atom. The lowest BCUT2D eigenvalue weighted by atomic mass is 10.0. The summed E-state index contributed by atoms with van der Waals surface area (Å²) < 4.78 is 0. The van der Waals surface area contributed by atoms with Gasteiger partial charge in [0.2, 0.25) is 5.91 Å². The molecule has 3 heteroatoms. The van der Waals surface area contributed by atoms with Crippen molar-refractivity contribution in [3.63, 3.8) is 0 Å². The summed E-state index contributed by atoms with van der Waals surface area (Å²) in [4.78, 5) is 14.2. The fourth-order valence-electron chi connectivity index (χ4n) is 3.00. The number of benzene rings is 2. The number of fused-ring (bicyclic) bond motifs is 1. The average Bonchev–Trinajstić information content (AvgIpc) is 2.52. The second-order valence-corrected chi connectivity index (χ2v) is 6.00. The predicted molar refractivity (Wildman–Crippen MR) is 87.4 cm³/mol. The maximum atomic E-state index is 12.2. The summed E-state index contributed by atoms with van der Waals surface area (Å²) in [6.45, 7) is 4.40. The molecule has 21 heavy (non-hydrogen) atoms. The first kappa shape index (κ1) is 13.9. The topological polar surface area (TPSA) is 32.3 Å². The average molecular weight is 282 g/mol. The number of hydrogen-bond acceptors (Lipinski definition) is 2. The third kappa shape index (κ3) is 3.35. The number of rotatable bonds is 3. The van der Waals surface area contributed by atoms with E-state index in [1.54, 1.807) is 0 Å². The summed E-state index contributed by atoms with van der Waals surface area (Å²) in [7, 11) is 0. The number of hydrogen-bond donors (Lipinski definition) is 1. The zero-order valence-corrected chi connectivity index (χ0v) is 12.5. The highest BCUT2D eigenvalue weighted by molar-refractivity contribution is 5.87. The van der Waals surface area contributed by atoms with Crippen molar-refractivity contribution < 1.29 is 4.79 Å². The number of carbonyl (C=O) groups excluding carboxylic acids is 1. The monoisotopic (exact) mass is 282 g/mol. The molecule has 1 saturated heterocycles. The van der Waals surface area contributed by atoms with Gasteiger partial charge in [0, 0.05) is 18.8 Å². The minimum atomic E-state index is 0.203. The van der Waals surface area contributed by atoms with Gasteiger partial charge in [0.1, 0.15) is 0 Å². The second kappa shape index (κ2) is 6.17. The van der Waals surface area contributed by atoms with Crippen molar-refractivity contribution in [2.45, 2.75) is 19.8 Å². The standard InChI is InChI=1S/C18H22N2O/c1-14-5-4-10-20(13-14)18(21)12-19-17-9-8-15-6-2-3-7-16(15)11-17/h2-3,6-9,11,14,19H,4-5,10,12-13H2,1H3. The first-order valence-electron chi connectivity index (χ1n) is 7.73. The number of anilines is 1. The summed E-state index contributed by atoms with van der Waals surface area (Å²) >= 11 is 0. The fraction of sp³-hybridized carbons (Fsp3) is 0.389. The lowest BCUT2D eigenvalue weighted by Crippen LogP contribution is -2.41. The number of nitrogens with zero attached hydrogens (tertiary/aromatic N) is 1. The molecular weight excluding hydrogens is 260 g/mol. The number of amides is 1. The molecule has 0 radical (unpaired) electrons. The first-order chi connectivity index (χ1) is 10.2. The Labute approximate surface area is 125 Å². The molecule has 3 rings (SSSR count). The van der Waals surface area contributed by atoms with Crippen molar-refractivity contribution >= 4 is 22.4 Å². The van der Waals surface area contributed by atoms with Crippen molar-refractivity contribution in [1.82, 2.24) is 4.90 Å². The maximum Gasteiger partial charge on any atom is 0.241 e. The van der Waals surface area contributed by atoms with Crippen molar-refractivity contribution in [1.29, 1.82) is 0 Å².